The Bertz CT molecular complexity index is 544. The van der Waals surface area contributed by atoms with Crippen molar-refractivity contribution in [2.24, 2.45) is 0 Å². The number of carboxylic acid groups (broad SMARTS) is 1. The average molecular weight is 322 g/mol. The molecule has 0 bridgehead atoms. The molecular weight excluding hydrogens is 304 g/mol. The molecule has 0 aromatic heterocycles. The zero-order valence-electron chi connectivity index (χ0n) is 11.8. The van der Waals surface area contributed by atoms with Gasteiger partial charge in [-0.05, 0) is 20.3 Å². The Morgan fingerprint density at radius 3 is 2.10 bits per heavy atom. The summed E-state index contributed by atoms with van der Waals surface area (Å²) in [4.78, 5) is 32.7. The van der Waals surface area contributed by atoms with Crippen LogP contribution in [0.3, 0.4) is 0 Å². The van der Waals surface area contributed by atoms with E-state index in [1.165, 1.54) is 13.8 Å². The Kier molecular flexibility index (Phi) is 7.82. The van der Waals surface area contributed by atoms with Crippen molar-refractivity contribution >= 4 is 27.8 Å². The average Bonchev–Trinajstić information content (AvgIpc) is 2.30. The van der Waals surface area contributed by atoms with Gasteiger partial charge in [-0.3, -0.25) is 14.1 Å². The number of esters is 1. The number of Topliss-reactive ketones (excluding diaryl/α,β-unsaturated/α-hetero) is 1. The molecule has 0 unspecified atom stereocenters. The predicted octanol–water partition coefficient (Wildman–Crippen LogP) is 0.578. The Labute approximate surface area is 122 Å². The van der Waals surface area contributed by atoms with Crippen molar-refractivity contribution in [3.63, 3.8) is 0 Å². The van der Waals surface area contributed by atoms with E-state index in [-0.39, 0.29) is 42.8 Å². The van der Waals surface area contributed by atoms with E-state index < -0.39 is 27.8 Å². The van der Waals surface area contributed by atoms with Crippen LogP contribution in [0.2, 0.25) is 0 Å². The van der Waals surface area contributed by atoms with E-state index >= 15 is 0 Å². The van der Waals surface area contributed by atoms with Crippen LogP contribution < -0.4 is 0 Å². The van der Waals surface area contributed by atoms with Gasteiger partial charge in [-0.1, -0.05) is 5.57 Å². The van der Waals surface area contributed by atoms with Crippen molar-refractivity contribution in [2.45, 2.75) is 33.1 Å². The molecule has 120 valence electrons. The molecule has 0 rings (SSSR count). The lowest BCUT2D eigenvalue weighted by Gasteiger charge is -2.10. The van der Waals surface area contributed by atoms with Crippen LogP contribution >= 0.6 is 0 Å². The molecule has 0 fully saturated rings. The fourth-order valence-electron chi connectivity index (χ4n) is 1.45. The van der Waals surface area contributed by atoms with Crippen LogP contribution in [0.1, 0.15) is 33.1 Å². The molecule has 8 nitrogen and oxygen atoms in total. The summed E-state index contributed by atoms with van der Waals surface area (Å²) >= 11 is 0. The summed E-state index contributed by atoms with van der Waals surface area (Å²) in [5.74, 6) is -2.93. The Morgan fingerprint density at radius 1 is 1.10 bits per heavy atom. The van der Waals surface area contributed by atoms with E-state index in [9.17, 15) is 22.8 Å². The standard InChI is InChI=1S/C12H18O8S/c1-8(13)7-11(14)20-5-3-10(9(2)12(15)16)4-6-21(17,18)19/h3-7H2,1-2H3,(H,15,16)(H,17,18,19). The first-order valence-electron chi connectivity index (χ1n) is 6.05. The minimum atomic E-state index is -4.22. The second-order valence-corrected chi connectivity index (χ2v) is 5.99. The number of carbonyl (C=O) groups is 3. The number of rotatable bonds is 9. The summed E-state index contributed by atoms with van der Waals surface area (Å²) in [5.41, 5.74) is 0.178. The molecule has 0 aliphatic rings. The van der Waals surface area contributed by atoms with Gasteiger partial charge in [0, 0.05) is 12.0 Å². The minimum Gasteiger partial charge on any atom is -0.478 e. The second-order valence-electron chi connectivity index (χ2n) is 4.42. The maximum absolute atomic E-state index is 11.1. The normalized spacial score (nSPS) is 12.5. The Morgan fingerprint density at radius 2 is 1.67 bits per heavy atom. The van der Waals surface area contributed by atoms with Crippen LogP contribution in [-0.4, -0.2) is 48.2 Å². The Balaban J connectivity index is 4.64. The molecule has 0 saturated carbocycles. The summed E-state index contributed by atoms with van der Waals surface area (Å²) in [6.07, 6.45) is -0.541. The summed E-state index contributed by atoms with van der Waals surface area (Å²) in [7, 11) is -4.22. The van der Waals surface area contributed by atoms with E-state index in [2.05, 4.69) is 0 Å². The molecule has 0 heterocycles. The smallest absolute Gasteiger partial charge is 0.331 e. The molecule has 0 atom stereocenters. The molecule has 0 saturated heterocycles. The van der Waals surface area contributed by atoms with Gasteiger partial charge in [0.05, 0.1) is 12.4 Å². The monoisotopic (exact) mass is 322 g/mol. The lowest BCUT2D eigenvalue weighted by Crippen LogP contribution is -2.13. The zero-order chi connectivity index (χ0) is 16.6. The van der Waals surface area contributed by atoms with Gasteiger partial charge in [0.25, 0.3) is 10.1 Å². The molecule has 0 radical (unpaired) electrons. The highest BCUT2D eigenvalue weighted by Gasteiger charge is 2.14. The fraction of sp³-hybridized carbons (Fsp3) is 0.583. The highest BCUT2D eigenvalue weighted by Crippen LogP contribution is 2.15. The molecule has 0 aliphatic carbocycles. The maximum atomic E-state index is 11.1. The van der Waals surface area contributed by atoms with Crippen molar-refractivity contribution in [3.8, 4) is 0 Å². The highest BCUT2D eigenvalue weighted by molar-refractivity contribution is 7.85. The quantitative estimate of drug-likeness (QED) is 0.272. The van der Waals surface area contributed by atoms with E-state index in [4.69, 9.17) is 14.4 Å². The first-order chi connectivity index (χ1) is 9.53. The zero-order valence-corrected chi connectivity index (χ0v) is 12.6. The lowest BCUT2D eigenvalue weighted by molar-refractivity contribution is -0.145. The van der Waals surface area contributed by atoms with Crippen LogP contribution in [-0.2, 0) is 29.2 Å². The van der Waals surface area contributed by atoms with E-state index in [1.54, 1.807) is 0 Å². The third-order valence-corrected chi connectivity index (χ3v) is 3.29. The Hall–Kier alpha value is -1.74. The summed E-state index contributed by atoms with van der Waals surface area (Å²) in [5, 5.41) is 8.89. The van der Waals surface area contributed by atoms with Crippen molar-refractivity contribution in [1.29, 1.82) is 0 Å². The minimum absolute atomic E-state index is 0.0112. The number of ether oxygens (including phenoxy) is 1. The van der Waals surface area contributed by atoms with E-state index in [0.29, 0.717) is 0 Å². The highest BCUT2D eigenvalue weighted by atomic mass is 32.2. The molecule has 9 heteroatoms. The van der Waals surface area contributed by atoms with Gasteiger partial charge in [0.1, 0.15) is 12.2 Å². The summed E-state index contributed by atoms with van der Waals surface area (Å²) in [6, 6.07) is 0. The molecule has 0 spiro atoms. The van der Waals surface area contributed by atoms with Crippen LogP contribution in [0.4, 0.5) is 0 Å². The topological polar surface area (TPSA) is 135 Å². The van der Waals surface area contributed by atoms with Crippen molar-refractivity contribution in [1.82, 2.24) is 0 Å². The van der Waals surface area contributed by atoms with Gasteiger partial charge in [-0.2, -0.15) is 8.42 Å². The third kappa shape index (κ3) is 9.74. The maximum Gasteiger partial charge on any atom is 0.331 e. The summed E-state index contributed by atoms with van der Waals surface area (Å²) in [6.45, 7) is 2.35. The van der Waals surface area contributed by atoms with Gasteiger partial charge in [-0.15, -0.1) is 0 Å². The molecule has 0 aliphatic heterocycles. The molecule has 2 N–H and O–H groups in total. The van der Waals surface area contributed by atoms with Crippen LogP contribution in [0.5, 0.6) is 0 Å². The number of aliphatic carboxylic acids is 1. The van der Waals surface area contributed by atoms with Crippen molar-refractivity contribution in [3.05, 3.63) is 11.1 Å². The lowest BCUT2D eigenvalue weighted by atomic mass is 10.0. The van der Waals surface area contributed by atoms with Gasteiger partial charge in [0.2, 0.25) is 0 Å². The molecule has 0 aromatic carbocycles. The molecule has 21 heavy (non-hydrogen) atoms. The second kappa shape index (κ2) is 8.53. The number of hydrogen-bond donors (Lipinski definition) is 2. The molecule has 0 amide bonds. The number of ketones is 1. The first-order valence-corrected chi connectivity index (χ1v) is 7.66. The van der Waals surface area contributed by atoms with Crippen molar-refractivity contribution < 1.29 is 37.2 Å². The largest absolute Gasteiger partial charge is 0.478 e. The SMILES string of the molecule is CC(=O)CC(=O)OCCC(CCS(=O)(=O)O)=C(C)C(=O)O. The fourth-order valence-corrected chi connectivity index (χ4v) is 1.95. The predicted molar refractivity (Wildman–Crippen MR) is 72.2 cm³/mol. The number of carbonyl (C=O) groups excluding carboxylic acids is 2. The first kappa shape index (κ1) is 19.3. The molecular formula is C12H18O8S. The number of carboxylic acids is 1. The molecule has 0 aromatic rings. The van der Waals surface area contributed by atoms with Gasteiger partial charge in [-0.25, -0.2) is 4.79 Å². The van der Waals surface area contributed by atoms with Gasteiger partial charge < -0.3 is 9.84 Å². The van der Waals surface area contributed by atoms with Crippen molar-refractivity contribution in [2.75, 3.05) is 12.4 Å². The van der Waals surface area contributed by atoms with Crippen LogP contribution in [0, 0.1) is 0 Å². The third-order valence-electron chi connectivity index (χ3n) is 2.57. The number of hydrogen-bond acceptors (Lipinski definition) is 6. The van der Waals surface area contributed by atoms with E-state index in [1.807, 2.05) is 0 Å². The van der Waals surface area contributed by atoms with Gasteiger partial charge in [0.15, 0.2) is 0 Å². The van der Waals surface area contributed by atoms with Crippen LogP contribution in [0.25, 0.3) is 0 Å². The van der Waals surface area contributed by atoms with E-state index in [0.717, 1.165) is 0 Å². The van der Waals surface area contributed by atoms with Crippen LogP contribution in [0.15, 0.2) is 11.1 Å². The summed E-state index contributed by atoms with van der Waals surface area (Å²) < 4.78 is 34.8. The van der Waals surface area contributed by atoms with Gasteiger partial charge >= 0.3 is 11.9 Å².